The van der Waals surface area contributed by atoms with Crippen molar-refractivity contribution in [1.29, 1.82) is 0 Å². The third kappa shape index (κ3) is 3.79. The van der Waals surface area contributed by atoms with E-state index in [9.17, 15) is 15.0 Å². The molecular weight excluding hydrogens is 280 g/mol. The second-order valence-corrected chi connectivity index (χ2v) is 5.11. The molecule has 4 nitrogen and oxygen atoms in total. The number of aromatic hydroxyl groups is 2. The fourth-order valence-corrected chi connectivity index (χ4v) is 2.37. The summed E-state index contributed by atoms with van der Waals surface area (Å²) in [7, 11) is 1.47. The van der Waals surface area contributed by atoms with Crippen molar-refractivity contribution in [2.75, 3.05) is 7.11 Å². The Morgan fingerprint density at radius 3 is 2.45 bits per heavy atom. The van der Waals surface area contributed by atoms with E-state index in [1.54, 1.807) is 0 Å². The summed E-state index contributed by atoms with van der Waals surface area (Å²) in [6.07, 6.45) is 2.35. The van der Waals surface area contributed by atoms with Gasteiger partial charge in [0.1, 0.15) is 5.75 Å². The molecule has 0 amide bonds. The van der Waals surface area contributed by atoms with Crippen LogP contribution < -0.4 is 4.74 Å². The average molecular weight is 300 g/mol. The van der Waals surface area contributed by atoms with Crippen LogP contribution in [0.5, 0.6) is 17.2 Å². The quantitative estimate of drug-likeness (QED) is 0.604. The number of ether oxygens (including phenoxy) is 1. The van der Waals surface area contributed by atoms with Gasteiger partial charge < -0.3 is 14.9 Å². The number of benzene rings is 2. The average Bonchev–Trinajstić information content (AvgIpc) is 2.54. The van der Waals surface area contributed by atoms with E-state index in [1.165, 1.54) is 19.2 Å². The summed E-state index contributed by atoms with van der Waals surface area (Å²) in [6, 6.07) is 12.2. The fourth-order valence-electron chi connectivity index (χ4n) is 2.37. The van der Waals surface area contributed by atoms with Crippen molar-refractivity contribution in [2.24, 2.45) is 0 Å². The molecule has 2 aromatic carbocycles. The number of carbonyl (C=O) groups is 1. The smallest absolute Gasteiger partial charge is 0.164 e. The fraction of sp³-hybridized carbons (Fsp3) is 0.278. The third-order valence-electron chi connectivity index (χ3n) is 3.62. The number of methoxy groups -OCH3 is 1. The van der Waals surface area contributed by atoms with Gasteiger partial charge in [0.2, 0.25) is 0 Å². The highest BCUT2D eigenvalue weighted by Gasteiger charge is 2.13. The minimum atomic E-state index is -0.0307. The van der Waals surface area contributed by atoms with Crippen LogP contribution in [0.1, 0.15) is 35.2 Å². The molecule has 0 aliphatic carbocycles. The number of hydrogen-bond acceptors (Lipinski definition) is 4. The number of phenolic OH excluding ortho intramolecular Hbond substituents is 2. The topological polar surface area (TPSA) is 66.8 Å². The Morgan fingerprint density at radius 2 is 1.77 bits per heavy atom. The number of phenols is 2. The predicted octanol–water partition coefficient (Wildman–Crippen LogP) is 3.70. The maximum atomic E-state index is 12.0. The molecule has 0 spiro atoms. The van der Waals surface area contributed by atoms with E-state index in [0.29, 0.717) is 37.0 Å². The first kappa shape index (κ1) is 15.9. The normalized spacial score (nSPS) is 10.4. The summed E-state index contributed by atoms with van der Waals surface area (Å²) in [5.41, 5.74) is 1.18. The highest BCUT2D eigenvalue weighted by molar-refractivity contribution is 5.95. The molecule has 0 bridgehead atoms. The van der Waals surface area contributed by atoms with Gasteiger partial charge in [0.05, 0.1) is 7.11 Å². The number of carbonyl (C=O) groups excluding carboxylic acids is 1. The van der Waals surface area contributed by atoms with E-state index in [2.05, 4.69) is 0 Å². The van der Waals surface area contributed by atoms with Gasteiger partial charge in [-0.3, -0.25) is 4.79 Å². The molecule has 0 aliphatic rings. The maximum absolute atomic E-state index is 12.0. The molecule has 0 saturated carbocycles. The molecule has 0 radical (unpaired) electrons. The zero-order valence-electron chi connectivity index (χ0n) is 12.6. The number of Topliss-reactive ketones (excluding diaryl/α,β-unsaturated/α-hetero) is 1. The molecule has 116 valence electrons. The van der Waals surface area contributed by atoms with Gasteiger partial charge in [-0.15, -0.1) is 0 Å². The van der Waals surface area contributed by atoms with Gasteiger partial charge in [0.15, 0.2) is 17.3 Å². The van der Waals surface area contributed by atoms with E-state index in [4.69, 9.17) is 4.74 Å². The summed E-state index contributed by atoms with van der Waals surface area (Å²) in [5, 5.41) is 19.8. The van der Waals surface area contributed by atoms with Crippen LogP contribution in [0.4, 0.5) is 0 Å². The Labute approximate surface area is 130 Å². The Morgan fingerprint density at radius 1 is 1.05 bits per heavy atom. The van der Waals surface area contributed by atoms with E-state index in [0.717, 1.165) is 5.56 Å². The second kappa shape index (κ2) is 7.50. The van der Waals surface area contributed by atoms with Gasteiger partial charge in [-0.25, -0.2) is 0 Å². The SMILES string of the molecule is COc1ccc(O)c(CCCCC(=O)c2ccccc2)c1O. The van der Waals surface area contributed by atoms with Gasteiger partial charge in [0, 0.05) is 17.5 Å². The Balaban J connectivity index is 1.88. The van der Waals surface area contributed by atoms with Gasteiger partial charge in [0.25, 0.3) is 0 Å². The summed E-state index contributed by atoms with van der Waals surface area (Å²) in [5.74, 6) is 0.470. The van der Waals surface area contributed by atoms with E-state index < -0.39 is 0 Å². The summed E-state index contributed by atoms with van der Waals surface area (Å²) < 4.78 is 5.03. The first-order valence-corrected chi connectivity index (χ1v) is 7.29. The summed E-state index contributed by atoms with van der Waals surface area (Å²) in [6.45, 7) is 0. The van der Waals surface area contributed by atoms with Crippen molar-refractivity contribution in [3.63, 3.8) is 0 Å². The lowest BCUT2D eigenvalue weighted by atomic mass is 10.0. The molecule has 2 aromatic rings. The Bertz CT molecular complexity index is 635. The molecule has 2 N–H and O–H groups in total. The van der Waals surface area contributed by atoms with Crippen molar-refractivity contribution in [1.82, 2.24) is 0 Å². The molecule has 22 heavy (non-hydrogen) atoms. The highest BCUT2D eigenvalue weighted by Crippen LogP contribution is 2.36. The third-order valence-corrected chi connectivity index (χ3v) is 3.62. The minimum Gasteiger partial charge on any atom is -0.508 e. The molecule has 0 heterocycles. The van der Waals surface area contributed by atoms with Crippen LogP contribution in [0.15, 0.2) is 42.5 Å². The van der Waals surface area contributed by atoms with Gasteiger partial charge >= 0.3 is 0 Å². The first-order chi connectivity index (χ1) is 10.6. The van der Waals surface area contributed by atoms with Crippen molar-refractivity contribution in [3.8, 4) is 17.2 Å². The second-order valence-electron chi connectivity index (χ2n) is 5.11. The van der Waals surface area contributed by atoms with E-state index in [1.807, 2.05) is 30.3 Å². The minimum absolute atomic E-state index is 0.0307. The lowest BCUT2D eigenvalue weighted by Crippen LogP contribution is -1.99. The van der Waals surface area contributed by atoms with Crippen LogP contribution in [-0.4, -0.2) is 23.1 Å². The molecule has 0 aliphatic heterocycles. The molecule has 0 unspecified atom stereocenters. The van der Waals surface area contributed by atoms with Gasteiger partial charge in [-0.2, -0.15) is 0 Å². The van der Waals surface area contributed by atoms with Crippen molar-refractivity contribution in [3.05, 3.63) is 53.6 Å². The number of rotatable bonds is 7. The summed E-state index contributed by atoms with van der Waals surface area (Å²) in [4.78, 5) is 12.0. The molecule has 0 fully saturated rings. The number of ketones is 1. The van der Waals surface area contributed by atoms with Crippen LogP contribution >= 0.6 is 0 Å². The van der Waals surface area contributed by atoms with Crippen molar-refractivity contribution >= 4 is 5.78 Å². The molecule has 0 atom stereocenters. The molecule has 4 heteroatoms. The molecular formula is C18H20O4. The van der Waals surface area contributed by atoms with Crippen LogP contribution in [0.2, 0.25) is 0 Å². The van der Waals surface area contributed by atoms with Crippen LogP contribution in [0.25, 0.3) is 0 Å². The predicted molar refractivity (Wildman–Crippen MR) is 84.7 cm³/mol. The van der Waals surface area contributed by atoms with Gasteiger partial charge in [-0.1, -0.05) is 30.3 Å². The highest BCUT2D eigenvalue weighted by atomic mass is 16.5. The molecule has 2 rings (SSSR count). The van der Waals surface area contributed by atoms with Crippen molar-refractivity contribution in [2.45, 2.75) is 25.7 Å². The Hall–Kier alpha value is -2.49. The number of unbranched alkanes of at least 4 members (excludes halogenated alkanes) is 1. The molecule has 0 aromatic heterocycles. The zero-order chi connectivity index (χ0) is 15.9. The lowest BCUT2D eigenvalue weighted by molar-refractivity contribution is 0.0979. The number of hydrogen-bond donors (Lipinski definition) is 2. The van der Waals surface area contributed by atoms with Gasteiger partial charge in [-0.05, 0) is 31.4 Å². The maximum Gasteiger partial charge on any atom is 0.164 e. The van der Waals surface area contributed by atoms with Crippen molar-refractivity contribution < 1.29 is 19.7 Å². The van der Waals surface area contributed by atoms with E-state index >= 15 is 0 Å². The van der Waals surface area contributed by atoms with E-state index in [-0.39, 0.29) is 17.3 Å². The van der Waals surface area contributed by atoms with Crippen LogP contribution in [-0.2, 0) is 6.42 Å². The van der Waals surface area contributed by atoms with Crippen LogP contribution in [0.3, 0.4) is 0 Å². The van der Waals surface area contributed by atoms with Crippen LogP contribution in [0, 0.1) is 0 Å². The monoisotopic (exact) mass is 300 g/mol. The molecule has 0 saturated heterocycles. The zero-order valence-corrected chi connectivity index (χ0v) is 12.6. The largest absolute Gasteiger partial charge is 0.508 e. The Kier molecular flexibility index (Phi) is 5.42. The standard InChI is InChI=1S/C18H20O4/c1-22-17-12-11-16(20)14(18(17)21)9-5-6-10-15(19)13-7-3-2-4-8-13/h2-4,7-8,11-12,20-21H,5-6,9-10H2,1H3. The lowest BCUT2D eigenvalue weighted by Gasteiger charge is -2.10. The summed E-state index contributed by atoms with van der Waals surface area (Å²) >= 11 is 0. The first-order valence-electron chi connectivity index (χ1n) is 7.29.